The van der Waals surface area contributed by atoms with Crippen molar-refractivity contribution in [3.05, 3.63) is 28.8 Å². The third kappa shape index (κ3) is 1.98. The molecule has 0 unspecified atom stereocenters. The highest BCUT2D eigenvalue weighted by atomic mass is 35.5. The average molecular weight is 187 g/mol. The Kier molecular flexibility index (Phi) is 2.97. The van der Waals surface area contributed by atoms with Gasteiger partial charge in [-0.1, -0.05) is 11.6 Å². The van der Waals surface area contributed by atoms with Crippen molar-refractivity contribution in [3.8, 4) is 0 Å². The van der Waals surface area contributed by atoms with E-state index in [0.29, 0.717) is 10.6 Å². The van der Waals surface area contributed by atoms with Crippen molar-refractivity contribution in [2.75, 3.05) is 6.26 Å². The number of hydrogen-bond donors (Lipinski definition) is 0. The molecule has 3 heteroatoms. The number of carbonyl (C=O) groups excluding carboxylic acids is 1. The van der Waals surface area contributed by atoms with E-state index in [0.717, 1.165) is 11.2 Å². The van der Waals surface area contributed by atoms with Gasteiger partial charge in [0.05, 0.1) is 5.02 Å². The van der Waals surface area contributed by atoms with E-state index in [4.69, 9.17) is 11.6 Å². The summed E-state index contributed by atoms with van der Waals surface area (Å²) in [4.78, 5) is 11.4. The monoisotopic (exact) mass is 186 g/mol. The molecule has 0 aliphatic heterocycles. The number of halogens is 1. The first-order valence-electron chi connectivity index (χ1n) is 3.06. The molecule has 0 aliphatic carbocycles. The summed E-state index contributed by atoms with van der Waals surface area (Å²) in [6.45, 7) is 0. The van der Waals surface area contributed by atoms with Gasteiger partial charge in [-0.05, 0) is 24.5 Å². The maximum atomic E-state index is 10.3. The minimum Gasteiger partial charge on any atom is -0.298 e. The fourth-order valence-electron chi connectivity index (χ4n) is 0.730. The van der Waals surface area contributed by atoms with Gasteiger partial charge in [-0.3, -0.25) is 4.79 Å². The van der Waals surface area contributed by atoms with Crippen LogP contribution >= 0.6 is 23.4 Å². The normalized spacial score (nSPS) is 9.64. The average Bonchev–Trinajstić information content (AvgIpc) is 2.04. The van der Waals surface area contributed by atoms with Crippen molar-refractivity contribution in [2.45, 2.75) is 4.90 Å². The lowest BCUT2D eigenvalue weighted by atomic mass is 10.2. The zero-order valence-electron chi connectivity index (χ0n) is 6.00. The lowest BCUT2D eigenvalue weighted by Gasteiger charge is -1.98. The molecule has 1 nitrogen and oxygen atoms in total. The Morgan fingerprint density at radius 3 is 2.73 bits per heavy atom. The summed E-state index contributed by atoms with van der Waals surface area (Å²) in [5, 5.41) is 0.520. The van der Waals surface area contributed by atoms with Gasteiger partial charge in [0, 0.05) is 10.5 Å². The number of hydrogen-bond acceptors (Lipinski definition) is 2. The standard InChI is InChI=1S/C8H7ClOS/c1-11-7-3-2-6(5-10)8(9)4-7/h2-5H,1H3. The molecule has 0 spiro atoms. The fraction of sp³-hybridized carbons (Fsp3) is 0.125. The van der Waals surface area contributed by atoms with E-state index >= 15 is 0 Å². The molecule has 0 aromatic heterocycles. The van der Waals surface area contributed by atoms with E-state index in [9.17, 15) is 4.79 Å². The van der Waals surface area contributed by atoms with Crippen molar-refractivity contribution >= 4 is 29.6 Å². The third-order valence-electron chi connectivity index (χ3n) is 1.33. The van der Waals surface area contributed by atoms with E-state index < -0.39 is 0 Å². The van der Waals surface area contributed by atoms with Crippen molar-refractivity contribution in [3.63, 3.8) is 0 Å². The zero-order chi connectivity index (χ0) is 8.27. The first kappa shape index (κ1) is 8.62. The Balaban J connectivity index is 3.09. The predicted octanol–water partition coefficient (Wildman–Crippen LogP) is 2.87. The summed E-state index contributed by atoms with van der Waals surface area (Å²) in [5.41, 5.74) is 0.546. The number of thioether (sulfide) groups is 1. The molecule has 0 fully saturated rings. The van der Waals surface area contributed by atoms with E-state index in [2.05, 4.69) is 0 Å². The molecule has 0 saturated heterocycles. The number of rotatable bonds is 2. The predicted molar refractivity (Wildman–Crippen MR) is 48.6 cm³/mol. The molecule has 0 saturated carbocycles. The van der Waals surface area contributed by atoms with Crippen LogP contribution in [0.25, 0.3) is 0 Å². The molecule has 0 aliphatic rings. The molecule has 0 bridgehead atoms. The first-order valence-corrected chi connectivity index (χ1v) is 4.67. The number of carbonyl (C=O) groups is 1. The van der Waals surface area contributed by atoms with Gasteiger partial charge in [0.2, 0.25) is 0 Å². The Morgan fingerprint density at radius 2 is 2.27 bits per heavy atom. The summed E-state index contributed by atoms with van der Waals surface area (Å²) < 4.78 is 0. The summed E-state index contributed by atoms with van der Waals surface area (Å²) in [5.74, 6) is 0. The highest BCUT2D eigenvalue weighted by Crippen LogP contribution is 2.21. The Bertz CT molecular complexity index is 273. The van der Waals surface area contributed by atoms with E-state index in [1.54, 1.807) is 23.9 Å². The highest BCUT2D eigenvalue weighted by molar-refractivity contribution is 7.98. The van der Waals surface area contributed by atoms with Crippen LogP contribution in [0.3, 0.4) is 0 Å². The van der Waals surface area contributed by atoms with Crippen molar-refractivity contribution in [2.24, 2.45) is 0 Å². The van der Waals surface area contributed by atoms with Crippen molar-refractivity contribution < 1.29 is 4.79 Å². The molecule has 0 N–H and O–H groups in total. The van der Waals surface area contributed by atoms with Gasteiger partial charge in [0.15, 0.2) is 6.29 Å². The molecular weight excluding hydrogens is 180 g/mol. The summed E-state index contributed by atoms with van der Waals surface area (Å²) in [7, 11) is 0. The van der Waals surface area contributed by atoms with Crippen LogP contribution in [0.5, 0.6) is 0 Å². The molecule has 0 amide bonds. The van der Waals surface area contributed by atoms with E-state index in [1.807, 2.05) is 12.3 Å². The maximum Gasteiger partial charge on any atom is 0.151 e. The van der Waals surface area contributed by atoms with Gasteiger partial charge >= 0.3 is 0 Å². The SMILES string of the molecule is CSc1ccc(C=O)c(Cl)c1. The molecule has 11 heavy (non-hydrogen) atoms. The quantitative estimate of drug-likeness (QED) is 0.522. The maximum absolute atomic E-state index is 10.3. The van der Waals surface area contributed by atoms with Crippen LogP contribution in [0.15, 0.2) is 23.1 Å². The molecule has 58 valence electrons. The minimum absolute atomic E-state index is 0.520. The molecule has 1 rings (SSSR count). The lowest BCUT2D eigenvalue weighted by Crippen LogP contribution is -1.81. The lowest BCUT2D eigenvalue weighted by molar-refractivity contribution is 0.112. The topological polar surface area (TPSA) is 17.1 Å². The van der Waals surface area contributed by atoms with Crippen molar-refractivity contribution in [1.29, 1.82) is 0 Å². The Hall–Kier alpha value is -0.470. The Labute approximate surface area is 74.7 Å². The van der Waals surface area contributed by atoms with Crippen LogP contribution in [-0.2, 0) is 0 Å². The smallest absolute Gasteiger partial charge is 0.151 e. The Morgan fingerprint density at radius 1 is 1.55 bits per heavy atom. The van der Waals surface area contributed by atoms with Gasteiger partial charge in [-0.25, -0.2) is 0 Å². The van der Waals surface area contributed by atoms with Gasteiger partial charge < -0.3 is 0 Å². The van der Waals surface area contributed by atoms with Crippen LogP contribution in [0.2, 0.25) is 5.02 Å². The van der Waals surface area contributed by atoms with Gasteiger partial charge in [0.25, 0.3) is 0 Å². The van der Waals surface area contributed by atoms with Gasteiger partial charge in [0.1, 0.15) is 0 Å². The minimum atomic E-state index is 0.520. The summed E-state index contributed by atoms with van der Waals surface area (Å²) in [6.07, 6.45) is 2.72. The second-order valence-corrected chi connectivity index (χ2v) is 3.29. The van der Waals surface area contributed by atoms with E-state index in [1.165, 1.54) is 0 Å². The summed E-state index contributed by atoms with van der Waals surface area (Å²) >= 11 is 7.37. The van der Waals surface area contributed by atoms with Gasteiger partial charge in [-0.15, -0.1) is 11.8 Å². The molecule has 0 atom stereocenters. The molecule has 0 heterocycles. The number of benzene rings is 1. The second-order valence-electron chi connectivity index (χ2n) is 2.01. The van der Waals surface area contributed by atoms with Gasteiger partial charge in [-0.2, -0.15) is 0 Å². The number of aldehydes is 1. The van der Waals surface area contributed by atoms with Crippen LogP contribution in [0, 0.1) is 0 Å². The zero-order valence-corrected chi connectivity index (χ0v) is 7.58. The third-order valence-corrected chi connectivity index (χ3v) is 2.39. The van der Waals surface area contributed by atoms with Crippen LogP contribution < -0.4 is 0 Å². The van der Waals surface area contributed by atoms with E-state index in [-0.39, 0.29) is 0 Å². The molecule has 1 aromatic rings. The van der Waals surface area contributed by atoms with Crippen LogP contribution in [0.4, 0.5) is 0 Å². The highest BCUT2D eigenvalue weighted by Gasteiger charge is 1.98. The fourth-order valence-corrected chi connectivity index (χ4v) is 1.46. The molecule has 1 aromatic carbocycles. The molecular formula is C8H7ClOS. The largest absolute Gasteiger partial charge is 0.298 e. The first-order chi connectivity index (χ1) is 5.27. The van der Waals surface area contributed by atoms with Crippen molar-refractivity contribution in [1.82, 2.24) is 0 Å². The van der Waals surface area contributed by atoms with Crippen LogP contribution in [-0.4, -0.2) is 12.5 Å². The second kappa shape index (κ2) is 3.79. The summed E-state index contributed by atoms with van der Waals surface area (Å²) in [6, 6.07) is 5.39. The van der Waals surface area contributed by atoms with Crippen LogP contribution in [0.1, 0.15) is 10.4 Å². The molecule has 0 radical (unpaired) electrons.